The Morgan fingerprint density at radius 3 is 2.30 bits per heavy atom. The lowest BCUT2D eigenvalue weighted by molar-refractivity contribution is 0.164. The van der Waals surface area contributed by atoms with Crippen molar-refractivity contribution in [1.82, 2.24) is 19.4 Å². The monoisotopic (exact) mass is 533 g/mol. The highest BCUT2D eigenvalue weighted by Gasteiger charge is 2.24. The van der Waals surface area contributed by atoms with E-state index in [4.69, 9.17) is 0 Å². The summed E-state index contributed by atoms with van der Waals surface area (Å²) in [5.41, 5.74) is 0. The normalized spacial score (nSPS) is 20.6. The van der Waals surface area contributed by atoms with E-state index in [1.807, 2.05) is 18.7 Å². The van der Waals surface area contributed by atoms with Gasteiger partial charge in [0, 0.05) is 63.9 Å². The Labute approximate surface area is 186 Å². The molecule has 0 radical (unpaired) electrons. The van der Waals surface area contributed by atoms with Gasteiger partial charge in [0.25, 0.3) is 0 Å². The summed E-state index contributed by atoms with van der Waals surface area (Å²) in [6.45, 7) is 14.0. The highest BCUT2D eigenvalue weighted by molar-refractivity contribution is 14.0. The first-order chi connectivity index (χ1) is 12.4. The van der Waals surface area contributed by atoms with Crippen molar-refractivity contribution in [3.63, 3.8) is 0 Å². The number of aliphatic imine (C=N–C) groups is 1. The molecule has 0 aromatic carbocycles. The van der Waals surface area contributed by atoms with E-state index < -0.39 is 10.0 Å². The first-order valence-corrected chi connectivity index (χ1v) is 12.5. The molecule has 0 aliphatic carbocycles. The molecule has 2 rings (SSSR count). The van der Waals surface area contributed by atoms with Crippen LogP contribution in [0, 0.1) is 5.92 Å². The van der Waals surface area contributed by atoms with E-state index in [-0.39, 0.29) is 29.7 Å². The summed E-state index contributed by atoms with van der Waals surface area (Å²) in [4.78, 5) is 9.35. The van der Waals surface area contributed by atoms with Gasteiger partial charge in [-0.05, 0) is 12.8 Å². The molecule has 2 saturated heterocycles. The molecule has 10 heteroatoms. The third kappa shape index (κ3) is 8.63. The van der Waals surface area contributed by atoms with Crippen LogP contribution < -0.4 is 5.32 Å². The Morgan fingerprint density at radius 2 is 1.74 bits per heavy atom. The van der Waals surface area contributed by atoms with Gasteiger partial charge in [-0.25, -0.2) is 12.7 Å². The van der Waals surface area contributed by atoms with Crippen LogP contribution in [-0.4, -0.2) is 105 Å². The largest absolute Gasteiger partial charge is 0.357 e. The third-order valence-corrected chi connectivity index (χ3v) is 7.40. The molecule has 160 valence electrons. The van der Waals surface area contributed by atoms with Crippen LogP contribution in [0.3, 0.4) is 0 Å². The number of piperazine rings is 1. The van der Waals surface area contributed by atoms with E-state index in [1.165, 1.54) is 0 Å². The number of hydrogen-bond acceptors (Lipinski definition) is 5. The fraction of sp³-hybridized carbons (Fsp3) is 0.941. The van der Waals surface area contributed by atoms with Crippen molar-refractivity contribution < 1.29 is 8.42 Å². The van der Waals surface area contributed by atoms with E-state index in [2.05, 4.69) is 34.0 Å². The van der Waals surface area contributed by atoms with Crippen molar-refractivity contribution in [2.45, 2.75) is 20.8 Å². The summed E-state index contributed by atoms with van der Waals surface area (Å²) >= 11 is 1.82. The first kappa shape index (κ1) is 25.3. The number of rotatable bonds is 7. The number of nitrogens with zero attached hydrogens (tertiary/aromatic N) is 4. The summed E-state index contributed by atoms with van der Waals surface area (Å²) in [6.07, 6.45) is 0. The van der Waals surface area contributed by atoms with Crippen molar-refractivity contribution in [2.75, 3.05) is 76.2 Å². The Balaban J connectivity index is 0.00000364. The predicted molar refractivity (Wildman–Crippen MR) is 127 cm³/mol. The summed E-state index contributed by atoms with van der Waals surface area (Å²) in [5, 5.41) is 3.32. The second-order valence-electron chi connectivity index (χ2n) is 7.24. The van der Waals surface area contributed by atoms with Gasteiger partial charge < -0.3 is 10.2 Å². The average Bonchev–Trinajstić information content (AvgIpc) is 2.62. The lowest BCUT2D eigenvalue weighted by Gasteiger charge is -2.37. The molecule has 2 aliphatic heterocycles. The maximum absolute atomic E-state index is 12.5. The van der Waals surface area contributed by atoms with Crippen LogP contribution in [0.1, 0.15) is 20.8 Å². The second-order valence-corrected chi connectivity index (χ2v) is 10.6. The van der Waals surface area contributed by atoms with E-state index in [0.717, 1.165) is 56.7 Å². The topological polar surface area (TPSA) is 68.2 Å². The molecular weight excluding hydrogens is 497 g/mol. The molecule has 0 spiro atoms. The van der Waals surface area contributed by atoms with E-state index >= 15 is 0 Å². The molecule has 0 saturated carbocycles. The fourth-order valence-electron chi connectivity index (χ4n) is 3.31. The molecule has 2 fully saturated rings. The van der Waals surface area contributed by atoms with Crippen LogP contribution in [-0.2, 0) is 10.0 Å². The average molecular weight is 534 g/mol. The molecule has 0 unspecified atom stereocenters. The predicted octanol–water partition coefficient (Wildman–Crippen LogP) is 1.22. The Kier molecular flexibility index (Phi) is 11.9. The van der Waals surface area contributed by atoms with Gasteiger partial charge in [0.1, 0.15) is 0 Å². The van der Waals surface area contributed by atoms with E-state index in [9.17, 15) is 8.42 Å². The van der Waals surface area contributed by atoms with Gasteiger partial charge in [0.2, 0.25) is 10.0 Å². The Bertz CT molecular complexity index is 546. The van der Waals surface area contributed by atoms with Gasteiger partial charge in [-0.3, -0.25) is 9.89 Å². The zero-order chi connectivity index (χ0) is 19.0. The lowest BCUT2D eigenvalue weighted by Crippen LogP contribution is -2.53. The second kappa shape index (κ2) is 12.7. The molecule has 0 aromatic heterocycles. The number of guanidine groups is 1. The van der Waals surface area contributed by atoms with Crippen molar-refractivity contribution in [3.05, 3.63) is 0 Å². The maximum Gasteiger partial charge on any atom is 0.215 e. The molecular formula is C17H36IN5O2S2. The number of sulfonamides is 1. The van der Waals surface area contributed by atoms with Gasteiger partial charge in [0.15, 0.2) is 5.96 Å². The van der Waals surface area contributed by atoms with Crippen molar-refractivity contribution in [3.8, 4) is 0 Å². The summed E-state index contributed by atoms with van der Waals surface area (Å²) in [6, 6.07) is 0. The molecule has 0 aromatic rings. The number of nitrogens with one attached hydrogen (secondary N) is 1. The summed E-state index contributed by atoms with van der Waals surface area (Å²) < 4.78 is 26.5. The van der Waals surface area contributed by atoms with Gasteiger partial charge in [0.05, 0.1) is 12.3 Å². The number of thioether (sulfide) groups is 1. The first-order valence-electron chi connectivity index (χ1n) is 9.73. The van der Waals surface area contributed by atoms with Crippen LogP contribution in [0.4, 0.5) is 0 Å². The van der Waals surface area contributed by atoms with Crippen molar-refractivity contribution in [2.24, 2.45) is 10.9 Å². The van der Waals surface area contributed by atoms with Crippen molar-refractivity contribution >= 4 is 51.7 Å². The quantitative estimate of drug-likeness (QED) is 0.302. The highest BCUT2D eigenvalue weighted by Crippen LogP contribution is 2.13. The van der Waals surface area contributed by atoms with Crippen molar-refractivity contribution in [1.29, 1.82) is 0 Å². The van der Waals surface area contributed by atoms with Gasteiger partial charge >= 0.3 is 0 Å². The zero-order valence-corrected chi connectivity index (χ0v) is 20.9. The molecule has 27 heavy (non-hydrogen) atoms. The smallest absolute Gasteiger partial charge is 0.215 e. The van der Waals surface area contributed by atoms with Crippen LogP contribution in [0.15, 0.2) is 4.99 Å². The highest BCUT2D eigenvalue weighted by atomic mass is 127. The van der Waals surface area contributed by atoms with E-state index in [1.54, 1.807) is 4.31 Å². The zero-order valence-electron chi connectivity index (χ0n) is 16.9. The number of hydrogen-bond donors (Lipinski definition) is 1. The lowest BCUT2D eigenvalue weighted by atomic mass is 10.2. The molecule has 0 amide bonds. The van der Waals surface area contributed by atoms with Crippen LogP contribution in [0.2, 0.25) is 0 Å². The van der Waals surface area contributed by atoms with Gasteiger partial charge in [-0.1, -0.05) is 13.8 Å². The molecule has 1 N–H and O–H groups in total. The molecule has 0 bridgehead atoms. The minimum Gasteiger partial charge on any atom is -0.357 e. The van der Waals surface area contributed by atoms with Crippen LogP contribution >= 0.6 is 35.7 Å². The fourth-order valence-corrected chi connectivity index (χ4v) is 5.76. The SMILES string of the molecule is CCNC(=NCCS(=O)(=O)N1CCSCC1)N1CCN(CC(C)C)CC1.I. The maximum atomic E-state index is 12.5. The molecule has 2 heterocycles. The van der Waals surface area contributed by atoms with E-state index in [0.29, 0.717) is 25.6 Å². The molecule has 0 atom stereocenters. The standard InChI is InChI=1S/C17H35N5O2S2.HI/c1-4-18-17(21-8-6-20(7-9-21)15-16(2)3)19-5-14-26(23,24)22-10-12-25-13-11-22;/h16H,4-15H2,1-3H3,(H,18,19);1H. The third-order valence-electron chi connectivity index (χ3n) is 4.60. The Hall–Kier alpha value is 0.220. The Morgan fingerprint density at radius 1 is 1.11 bits per heavy atom. The van der Waals surface area contributed by atoms with Crippen LogP contribution in [0.5, 0.6) is 0 Å². The van der Waals surface area contributed by atoms with Gasteiger partial charge in [-0.2, -0.15) is 11.8 Å². The minimum atomic E-state index is -3.19. The summed E-state index contributed by atoms with van der Waals surface area (Å²) in [7, 11) is -3.19. The van der Waals surface area contributed by atoms with Crippen LogP contribution in [0.25, 0.3) is 0 Å². The molecule has 7 nitrogen and oxygen atoms in total. The molecule has 2 aliphatic rings. The minimum absolute atomic E-state index is 0. The summed E-state index contributed by atoms with van der Waals surface area (Å²) in [5.74, 6) is 3.42. The van der Waals surface area contributed by atoms with Gasteiger partial charge in [-0.15, -0.1) is 24.0 Å². The number of halogens is 1.